The highest BCUT2D eigenvalue weighted by atomic mass is 127. The number of pyridine rings is 1. The molecule has 2 aromatic rings. The first-order valence-electron chi connectivity index (χ1n) is 4.84. The van der Waals surface area contributed by atoms with Crippen molar-refractivity contribution in [3.05, 3.63) is 50.2 Å². The minimum atomic E-state index is -0.332. The predicted octanol–water partition coefficient (Wildman–Crippen LogP) is 2.81. The van der Waals surface area contributed by atoms with Crippen LogP contribution < -0.4 is 5.43 Å². The number of furan rings is 1. The van der Waals surface area contributed by atoms with E-state index in [4.69, 9.17) is 4.42 Å². The van der Waals surface area contributed by atoms with Gasteiger partial charge in [-0.05, 0) is 56.7 Å². The van der Waals surface area contributed by atoms with Gasteiger partial charge in [-0.1, -0.05) is 0 Å². The molecular weight excluding hydrogens is 413 g/mol. The van der Waals surface area contributed by atoms with Crippen LogP contribution in [0.25, 0.3) is 0 Å². The fraction of sp³-hybridized carbons (Fsp3) is 0. The number of nitrogens with zero attached hydrogens (tertiary/aromatic N) is 2. The van der Waals surface area contributed by atoms with Crippen LogP contribution in [0.4, 0.5) is 0 Å². The summed E-state index contributed by atoms with van der Waals surface area (Å²) in [5, 5.41) is 3.80. The first-order valence-corrected chi connectivity index (χ1v) is 6.71. The first-order chi connectivity index (χ1) is 8.65. The second-order valence-electron chi connectivity index (χ2n) is 3.23. The molecule has 0 atom stereocenters. The van der Waals surface area contributed by atoms with Crippen LogP contribution in [0.5, 0.6) is 0 Å². The van der Waals surface area contributed by atoms with Crippen molar-refractivity contribution in [3.63, 3.8) is 0 Å². The quantitative estimate of drug-likeness (QED) is 0.472. The van der Waals surface area contributed by atoms with E-state index in [-0.39, 0.29) is 5.91 Å². The summed E-state index contributed by atoms with van der Waals surface area (Å²) in [5.41, 5.74) is 2.82. The van der Waals surface area contributed by atoms with Crippen molar-refractivity contribution in [1.29, 1.82) is 0 Å². The molecule has 92 valence electrons. The van der Waals surface area contributed by atoms with Crippen LogP contribution in [0.3, 0.4) is 0 Å². The van der Waals surface area contributed by atoms with Crippen LogP contribution in [0.2, 0.25) is 0 Å². The van der Waals surface area contributed by atoms with Crippen LogP contribution >= 0.6 is 38.5 Å². The third-order valence-electron chi connectivity index (χ3n) is 1.92. The van der Waals surface area contributed by atoms with E-state index >= 15 is 0 Å². The second-order valence-corrected chi connectivity index (χ2v) is 5.21. The van der Waals surface area contributed by atoms with Gasteiger partial charge < -0.3 is 4.42 Å². The zero-order valence-electron chi connectivity index (χ0n) is 8.93. The first kappa shape index (κ1) is 13.2. The van der Waals surface area contributed by atoms with Crippen LogP contribution in [0.15, 0.2) is 44.6 Å². The van der Waals surface area contributed by atoms with Crippen LogP contribution in [0.1, 0.15) is 16.1 Å². The van der Waals surface area contributed by atoms with Gasteiger partial charge in [0.2, 0.25) is 0 Å². The SMILES string of the molecule is O=C(NN=Cc1ccc(I)o1)c1cncc(Br)c1. The van der Waals surface area contributed by atoms with Gasteiger partial charge >= 0.3 is 0 Å². The zero-order valence-corrected chi connectivity index (χ0v) is 12.7. The highest BCUT2D eigenvalue weighted by molar-refractivity contribution is 14.1. The molecule has 0 aliphatic carbocycles. The molecule has 1 amide bonds. The smallest absolute Gasteiger partial charge is 0.272 e. The number of hydrogen-bond donors (Lipinski definition) is 1. The number of rotatable bonds is 3. The van der Waals surface area contributed by atoms with E-state index in [1.54, 1.807) is 18.3 Å². The molecular formula is C11H7BrIN3O2. The summed E-state index contributed by atoms with van der Waals surface area (Å²) in [4.78, 5) is 15.6. The number of carbonyl (C=O) groups is 1. The van der Waals surface area contributed by atoms with Gasteiger partial charge in [0.1, 0.15) is 5.76 Å². The van der Waals surface area contributed by atoms with E-state index in [0.29, 0.717) is 11.3 Å². The predicted molar refractivity (Wildman–Crippen MR) is 78.4 cm³/mol. The summed E-state index contributed by atoms with van der Waals surface area (Å²) < 4.78 is 6.75. The van der Waals surface area contributed by atoms with Crippen molar-refractivity contribution in [1.82, 2.24) is 10.4 Å². The average molecular weight is 420 g/mol. The highest BCUT2D eigenvalue weighted by Gasteiger charge is 2.04. The van der Waals surface area contributed by atoms with Gasteiger partial charge in [-0.2, -0.15) is 5.10 Å². The van der Waals surface area contributed by atoms with Crippen molar-refractivity contribution in [2.24, 2.45) is 5.10 Å². The van der Waals surface area contributed by atoms with E-state index in [1.807, 2.05) is 28.7 Å². The molecule has 0 saturated carbocycles. The lowest BCUT2D eigenvalue weighted by atomic mass is 10.3. The third-order valence-corrected chi connectivity index (χ3v) is 2.93. The molecule has 0 radical (unpaired) electrons. The number of halogens is 2. The summed E-state index contributed by atoms with van der Waals surface area (Å²) in [6, 6.07) is 5.23. The normalized spacial score (nSPS) is 10.8. The van der Waals surface area contributed by atoms with E-state index in [2.05, 4.69) is 31.4 Å². The van der Waals surface area contributed by atoms with E-state index in [9.17, 15) is 4.79 Å². The maximum atomic E-state index is 11.7. The minimum Gasteiger partial charge on any atom is -0.449 e. The molecule has 2 heterocycles. The summed E-state index contributed by atoms with van der Waals surface area (Å²) >= 11 is 5.29. The van der Waals surface area contributed by atoms with E-state index in [1.165, 1.54) is 12.4 Å². The maximum absolute atomic E-state index is 11.7. The Labute approximate surface area is 125 Å². The molecule has 5 nitrogen and oxygen atoms in total. The number of hydrogen-bond acceptors (Lipinski definition) is 4. The summed E-state index contributed by atoms with van der Waals surface area (Å²) in [7, 11) is 0. The summed E-state index contributed by atoms with van der Waals surface area (Å²) in [6.07, 6.45) is 4.50. The van der Waals surface area contributed by atoms with E-state index < -0.39 is 0 Å². The average Bonchev–Trinajstić information content (AvgIpc) is 2.75. The molecule has 0 saturated heterocycles. The van der Waals surface area contributed by atoms with Gasteiger partial charge in [0, 0.05) is 16.9 Å². The van der Waals surface area contributed by atoms with Crippen molar-refractivity contribution in [2.45, 2.75) is 0 Å². The van der Waals surface area contributed by atoms with Gasteiger partial charge in [0.25, 0.3) is 5.91 Å². The topological polar surface area (TPSA) is 67.5 Å². The Bertz CT molecular complexity index is 597. The third kappa shape index (κ3) is 3.64. The number of hydrazone groups is 1. The molecule has 0 spiro atoms. The van der Waals surface area contributed by atoms with Gasteiger partial charge in [-0.25, -0.2) is 5.43 Å². The van der Waals surface area contributed by atoms with Crippen LogP contribution in [-0.4, -0.2) is 17.1 Å². The monoisotopic (exact) mass is 419 g/mol. The molecule has 0 aliphatic heterocycles. The molecule has 0 aromatic carbocycles. The fourth-order valence-corrected chi connectivity index (χ4v) is 1.95. The molecule has 2 rings (SSSR count). The highest BCUT2D eigenvalue weighted by Crippen LogP contribution is 2.09. The number of aromatic nitrogens is 1. The molecule has 0 unspecified atom stereocenters. The molecule has 0 fully saturated rings. The molecule has 0 aliphatic rings. The van der Waals surface area contributed by atoms with E-state index in [0.717, 1.165) is 8.24 Å². The summed E-state index contributed by atoms with van der Waals surface area (Å²) in [5.74, 6) is 0.244. The molecule has 18 heavy (non-hydrogen) atoms. The van der Waals surface area contributed by atoms with Crippen LogP contribution in [0, 0.1) is 3.77 Å². The lowest BCUT2D eigenvalue weighted by Gasteiger charge is -1.98. The Morgan fingerprint density at radius 2 is 2.33 bits per heavy atom. The Morgan fingerprint density at radius 1 is 1.50 bits per heavy atom. The Balaban J connectivity index is 1.98. The van der Waals surface area contributed by atoms with Gasteiger partial charge in [-0.3, -0.25) is 9.78 Å². The van der Waals surface area contributed by atoms with Gasteiger partial charge in [0.05, 0.1) is 11.8 Å². The molecule has 7 heteroatoms. The zero-order chi connectivity index (χ0) is 13.0. The number of nitrogens with one attached hydrogen (secondary N) is 1. The lowest BCUT2D eigenvalue weighted by Crippen LogP contribution is -2.17. The fourth-order valence-electron chi connectivity index (χ4n) is 1.15. The van der Waals surface area contributed by atoms with Crippen molar-refractivity contribution < 1.29 is 9.21 Å². The number of amides is 1. The molecule has 1 N–H and O–H groups in total. The van der Waals surface area contributed by atoms with Crippen LogP contribution in [-0.2, 0) is 0 Å². The second kappa shape index (κ2) is 6.10. The standard InChI is InChI=1S/C11H7BrIN3O2/c12-8-3-7(4-14-5-8)11(17)16-15-6-9-1-2-10(13)18-9/h1-6H,(H,16,17). The Morgan fingerprint density at radius 3 is 3.00 bits per heavy atom. The number of carbonyl (C=O) groups excluding carboxylic acids is 1. The van der Waals surface area contributed by atoms with Gasteiger partial charge in [-0.15, -0.1) is 0 Å². The molecule has 2 aromatic heterocycles. The minimum absolute atomic E-state index is 0.332. The van der Waals surface area contributed by atoms with Crippen molar-refractivity contribution in [2.75, 3.05) is 0 Å². The largest absolute Gasteiger partial charge is 0.449 e. The van der Waals surface area contributed by atoms with Crippen molar-refractivity contribution in [3.8, 4) is 0 Å². The Hall–Kier alpha value is -1.22. The molecule has 0 bridgehead atoms. The van der Waals surface area contributed by atoms with Gasteiger partial charge in [0.15, 0.2) is 3.77 Å². The Kier molecular flexibility index (Phi) is 4.48. The lowest BCUT2D eigenvalue weighted by molar-refractivity contribution is 0.0954. The maximum Gasteiger partial charge on any atom is 0.272 e. The summed E-state index contributed by atoms with van der Waals surface area (Å²) in [6.45, 7) is 0. The van der Waals surface area contributed by atoms with Crippen molar-refractivity contribution >= 4 is 50.6 Å².